The maximum atomic E-state index is 2.69. The van der Waals surface area contributed by atoms with Gasteiger partial charge in [0.2, 0.25) is 0 Å². The third kappa shape index (κ3) is 4.00. The van der Waals surface area contributed by atoms with Gasteiger partial charge in [0.05, 0.1) is 0 Å². The SMILES string of the molecule is c1ccc(CC(n2c3ccccc3c3ccccc32)[Si](c2ccccc2)(c2ccccc2)c2ccccc2)cc1. The van der Waals surface area contributed by atoms with Crippen molar-refractivity contribution in [2.75, 3.05) is 0 Å². The summed E-state index contributed by atoms with van der Waals surface area (Å²) in [5, 5.41) is 6.90. The summed E-state index contributed by atoms with van der Waals surface area (Å²) in [6.45, 7) is 0. The molecule has 7 aromatic rings. The lowest BCUT2D eigenvalue weighted by Gasteiger charge is -2.42. The Kier molecular flexibility index (Phi) is 6.39. The van der Waals surface area contributed by atoms with Crippen LogP contribution in [0.5, 0.6) is 0 Å². The van der Waals surface area contributed by atoms with Gasteiger partial charge in [-0.15, -0.1) is 0 Å². The molecular weight excluding hydrogens is 499 g/mol. The molecule has 1 atom stereocenters. The van der Waals surface area contributed by atoms with E-state index >= 15 is 0 Å². The molecule has 0 bridgehead atoms. The number of nitrogens with zero attached hydrogens (tertiary/aromatic N) is 1. The molecular formula is C38H31NSi. The first kappa shape index (κ1) is 24.4. The molecule has 1 nitrogen and oxygen atoms in total. The minimum atomic E-state index is -2.71. The van der Waals surface area contributed by atoms with E-state index in [1.165, 1.54) is 42.9 Å². The second-order valence-electron chi connectivity index (χ2n) is 10.5. The van der Waals surface area contributed by atoms with Crippen molar-refractivity contribution in [2.24, 2.45) is 0 Å². The van der Waals surface area contributed by atoms with Gasteiger partial charge in [0.1, 0.15) is 0 Å². The zero-order chi connectivity index (χ0) is 26.8. The molecule has 7 rings (SSSR count). The Hall–Kier alpha value is -4.66. The standard InChI is InChI=1S/C38H31NSi/c1-5-17-30(18-6-1)29-38(39-36-27-15-13-25-34(36)35-26-14-16-28-37(35)39)40(31-19-7-2-8-20-31,32-21-9-3-10-22-32)33-23-11-4-12-24-33/h1-28,38H,29H2. The van der Waals surface area contributed by atoms with Crippen molar-refractivity contribution >= 4 is 45.4 Å². The van der Waals surface area contributed by atoms with E-state index in [-0.39, 0.29) is 5.67 Å². The predicted octanol–water partition coefficient (Wildman–Crippen LogP) is 7.29. The summed E-state index contributed by atoms with van der Waals surface area (Å²) in [6.07, 6.45) is 0.925. The van der Waals surface area contributed by atoms with Crippen LogP contribution in [-0.2, 0) is 6.42 Å². The zero-order valence-corrected chi connectivity index (χ0v) is 23.4. The summed E-state index contributed by atoms with van der Waals surface area (Å²) in [6, 6.07) is 62.9. The summed E-state index contributed by atoms with van der Waals surface area (Å²) < 4.78 is 2.69. The summed E-state index contributed by atoms with van der Waals surface area (Å²) in [5.74, 6) is 0. The fourth-order valence-electron chi connectivity index (χ4n) is 6.74. The van der Waals surface area contributed by atoms with Crippen LogP contribution in [0.4, 0.5) is 0 Å². The van der Waals surface area contributed by atoms with E-state index in [0.717, 1.165) is 6.42 Å². The molecule has 0 radical (unpaired) electrons. The third-order valence-corrected chi connectivity index (χ3v) is 13.6. The minimum Gasteiger partial charge on any atom is -0.339 e. The van der Waals surface area contributed by atoms with Gasteiger partial charge in [0.25, 0.3) is 0 Å². The highest BCUT2D eigenvalue weighted by Crippen LogP contribution is 2.37. The van der Waals surface area contributed by atoms with Crippen LogP contribution in [-0.4, -0.2) is 12.6 Å². The molecule has 2 heteroatoms. The average Bonchev–Trinajstić information content (AvgIpc) is 3.37. The number of benzene rings is 6. The van der Waals surface area contributed by atoms with Crippen molar-refractivity contribution in [2.45, 2.75) is 12.1 Å². The molecule has 0 saturated carbocycles. The van der Waals surface area contributed by atoms with E-state index in [1.54, 1.807) is 0 Å². The van der Waals surface area contributed by atoms with Crippen molar-refractivity contribution < 1.29 is 0 Å². The molecule has 0 amide bonds. The van der Waals surface area contributed by atoms with Crippen LogP contribution in [0.1, 0.15) is 11.2 Å². The number of fused-ring (bicyclic) bond motifs is 3. The van der Waals surface area contributed by atoms with Crippen LogP contribution in [0.15, 0.2) is 170 Å². The van der Waals surface area contributed by atoms with Crippen molar-refractivity contribution in [1.29, 1.82) is 0 Å². The van der Waals surface area contributed by atoms with Crippen LogP contribution in [0.3, 0.4) is 0 Å². The Balaban J connectivity index is 1.67. The number of hydrogen-bond donors (Lipinski definition) is 0. The topological polar surface area (TPSA) is 4.93 Å². The van der Waals surface area contributed by atoms with Gasteiger partial charge in [0, 0.05) is 27.5 Å². The third-order valence-electron chi connectivity index (χ3n) is 8.39. The summed E-state index contributed by atoms with van der Waals surface area (Å²) >= 11 is 0. The Morgan fingerprint density at radius 1 is 0.400 bits per heavy atom. The molecule has 0 spiro atoms. The predicted molar refractivity (Wildman–Crippen MR) is 173 cm³/mol. The lowest BCUT2D eigenvalue weighted by atomic mass is 10.1. The van der Waals surface area contributed by atoms with Gasteiger partial charge < -0.3 is 4.57 Å². The maximum Gasteiger partial charge on any atom is 0.172 e. The molecule has 0 saturated heterocycles. The normalized spacial score (nSPS) is 12.5. The van der Waals surface area contributed by atoms with Gasteiger partial charge in [0.15, 0.2) is 8.07 Å². The Bertz CT molecular complexity index is 1710. The molecule has 192 valence electrons. The Morgan fingerprint density at radius 2 is 0.750 bits per heavy atom. The molecule has 6 aromatic carbocycles. The van der Waals surface area contributed by atoms with E-state index in [2.05, 4.69) is 174 Å². The van der Waals surface area contributed by atoms with Crippen molar-refractivity contribution in [1.82, 2.24) is 4.57 Å². The molecule has 0 N–H and O–H groups in total. The summed E-state index contributed by atoms with van der Waals surface area (Å²) in [7, 11) is -2.71. The fraction of sp³-hybridized carbons (Fsp3) is 0.0526. The highest BCUT2D eigenvalue weighted by Gasteiger charge is 2.48. The molecule has 1 heterocycles. The van der Waals surface area contributed by atoms with Crippen LogP contribution in [0, 0.1) is 0 Å². The van der Waals surface area contributed by atoms with Crippen LogP contribution >= 0.6 is 0 Å². The number of para-hydroxylation sites is 2. The summed E-state index contributed by atoms with van der Waals surface area (Å²) in [4.78, 5) is 0. The molecule has 0 aliphatic rings. The highest BCUT2D eigenvalue weighted by molar-refractivity contribution is 7.12. The first-order valence-corrected chi connectivity index (χ1v) is 16.1. The van der Waals surface area contributed by atoms with Crippen molar-refractivity contribution in [3.05, 3.63) is 175 Å². The lowest BCUT2D eigenvalue weighted by molar-refractivity contribution is 0.688. The molecule has 1 aromatic heterocycles. The smallest absolute Gasteiger partial charge is 0.172 e. The van der Waals surface area contributed by atoms with Crippen LogP contribution < -0.4 is 15.6 Å². The molecule has 40 heavy (non-hydrogen) atoms. The molecule has 0 aliphatic carbocycles. The largest absolute Gasteiger partial charge is 0.339 e. The second kappa shape index (κ2) is 10.5. The fourth-order valence-corrected chi connectivity index (χ4v) is 12.3. The van der Waals surface area contributed by atoms with E-state index in [4.69, 9.17) is 0 Å². The van der Waals surface area contributed by atoms with E-state index in [1.807, 2.05) is 0 Å². The zero-order valence-electron chi connectivity index (χ0n) is 22.4. The number of rotatable bonds is 7. The number of aromatic nitrogens is 1. The van der Waals surface area contributed by atoms with Gasteiger partial charge in [-0.3, -0.25) is 0 Å². The van der Waals surface area contributed by atoms with Gasteiger partial charge in [-0.25, -0.2) is 0 Å². The first-order valence-electron chi connectivity index (χ1n) is 14.1. The van der Waals surface area contributed by atoms with E-state index in [0.29, 0.717) is 0 Å². The first-order chi connectivity index (χ1) is 19.9. The van der Waals surface area contributed by atoms with Gasteiger partial charge in [-0.05, 0) is 39.7 Å². The lowest BCUT2D eigenvalue weighted by Crippen LogP contribution is -2.72. The summed E-state index contributed by atoms with van der Waals surface area (Å²) in [5.41, 5.74) is 4.12. The Morgan fingerprint density at radius 3 is 1.18 bits per heavy atom. The van der Waals surface area contributed by atoms with Crippen molar-refractivity contribution in [3.63, 3.8) is 0 Å². The molecule has 0 fully saturated rings. The molecule has 1 unspecified atom stereocenters. The average molecular weight is 530 g/mol. The minimum absolute atomic E-state index is 0.173. The van der Waals surface area contributed by atoms with Gasteiger partial charge >= 0.3 is 0 Å². The van der Waals surface area contributed by atoms with Gasteiger partial charge in [-0.2, -0.15) is 0 Å². The number of hydrogen-bond acceptors (Lipinski definition) is 0. The highest BCUT2D eigenvalue weighted by atomic mass is 28.3. The maximum absolute atomic E-state index is 2.71. The second-order valence-corrected chi connectivity index (χ2v) is 14.5. The van der Waals surface area contributed by atoms with E-state index < -0.39 is 8.07 Å². The van der Waals surface area contributed by atoms with E-state index in [9.17, 15) is 0 Å². The van der Waals surface area contributed by atoms with Crippen molar-refractivity contribution in [3.8, 4) is 0 Å². The quantitative estimate of drug-likeness (QED) is 0.151. The monoisotopic (exact) mass is 529 g/mol. The van der Waals surface area contributed by atoms with Crippen LogP contribution in [0.25, 0.3) is 21.8 Å². The van der Waals surface area contributed by atoms with Gasteiger partial charge in [-0.1, -0.05) is 158 Å². The Labute approximate surface area is 237 Å². The van der Waals surface area contributed by atoms with Crippen LogP contribution in [0.2, 0.25) is 0 Å². The molecule has 0 aliphatic heterocycles.